The zero-order valence-electron chi connectivity index (χ0n) is 20.4. The van der Waals surface area contributed by atoms with Gasteiger partial charge in [-0.05, 0) is 74.6 Å². The lowest BCUT2D eigenvalue weighted by Crippen LogP contribution is -2.33. The van der Waals surface area contributed by atoms with Crippen molar-refractivity contribution in [1.29, 1.82) is 0 Å². The number of carbonyl (C=O) groups is 2. The Morgan fingerprint density at radius 1 is 0.853 bits per heavy atom. The molecule has 4 rings (SSSR count). The molecule has 0 aliphatic carbocycles. The summed E-state index contributed by atoms with van der Waals surface area (Å²) in [5, 5.41) is 3.25. The molecule has 0 fully saturated rings. The van der Waals surface area contributed by atoms with E-state index < -0.39 is 0 Å². The number of anilines is 2. The molecular formula is C29H30N2O3. The fourth-order valence-electron chi connectivity index (χ4n) is 4.21. The van der Waals surface area contributed by atoms with Crippen LogP contribution in [0.25, 0.3) is 5.57 Å². The van der Waals surface area contributed by atoms with E-state index in [1.165, 1.54) is 4.90 Å². The Morgan fingerprint density at radius 2 is 1.62 bits per heavy atom. The van der Waals surface area contributed by atoms with Crippen LogP contribution in [0.4, 0.5) is 11.4 Å². The fraction of sp³-hybridized carbons (Fsp3) is 0.241. The Kier molecular flexibility index (Phi) is 6.55. The van der Waals surface area contributed by atoms with E-state index in [9.17, 15) is 9.59 Å². The topological polar surface area (TPSA) is 58.6 Å². The van der Waals surface area contributed by atoms with Crippen LogP contribution in [0.2, 0.25) is 0 Å². The number of aryl methyl sites for hydroxylation is 3. The molecule has 0 bridgehead atoms. The first-order valence-corrected chi connectivity index (χ1v) is 11.6. The fourth-order valence-corrected chi connectivity index (χ4v) is 4.21. The normalized spacial score (nSPS) is 13.6. The van der Waals surface area contributed by atoms with Gasteiger partial charge in [-0.2, -0.15) is 0 Å². The van der Waals surface area contributed by atoms with Gasteiger partial charge in [0.1, 0.15) is 11.4 Å². The van der Waals surface area contributed by atoms with Crippen molar-refractivity contribution in [1.82, 2.24) is 0 Å². The minimum atomic E-state index is -0.367. The highest BCUT2D eigenvalue weighted by Gasteiger charge is 2.41. The molecule has 1 aliphatic heterocycles. The maximum atomic E-state index is 13.8. The molecule has 1 heterocycles. The second-order valence-corrected chi connectivity index (χ2v) is 8.73. The Hall–Kier alpha value is -3.86. The molecule has 5 nitrogen and oxygen atoms in total. The second-order valence-electron chi connectivity index (χ2n) is 8.73. The van der Waals surface area contributed by atoms with Crippen molar-refractivity contribution in [2.24, 2.45) is 0 Å². The second kappa shape index (κ2) is 9.56. The van der Waals surface area contributed by atoms with Gasteiger partial charge in [0.25, 0.3) is 11.8 Å². The van der Waals surface area contributed by atoms with Gasteiger partial charge >= 0.3 is 0 Å². The number of carbonyl (C=O) groups excluding carboxylic acids is 2. The van der Waals surface area contributed by atoms with Gasteiger partial charge in [-0.25, -0.2) is 4.90 Å². The van der Waals surface area contributed by atoms with Crippen LogP contribution in [-0.2, 0) is 9.59 Å². The number of rotatable bonds is 7. The summed E-state index contributed by atoms with van der Waals surface area (Å²) in [5.74, 6) is 0.0174. The first-order chi connectivity index (χ1) is 16.3. The van der Waals surface area contributed by atoms with Crippen LogP contribution in [0, 0.1) is 27.7 Å². The highest BCUT2D eigenvalue weighted by molar-refractivity contribution is 6.46. The molecule has 0 unspecified atom stereocenters. The lowest BCUT2D eigenvalue weighted by molar-refractivity contribution is -0.120. The Bertz CT molecular complexity index is 1310. The molecule has 0 atom stereocenters. The van der Waals surface area contributed by atoms with Crippen LogP contribution in [0.15, 0.2) is 66.4 Å². The summed E-state index contributed by atoms with van der Waals surface area (Å²) in [5.41, 5.74) is 6.66. The summed E-state index contributed by atoms with van der Waals surface area (Å²) in [6.07, 6.45) is 0.900. The zero-order chi connectivity index (χ0) is 24.4. The maximum Gasteiger partial charge on any atom is 0.282 e. The van der Waals surface area contributed by atoms with Crippen LogP contribution >= 0.6 is 0 Å². The molecule has 1 N–H and O–H groups in total. The Balaban J connectivity index is 1.83. The van der Waals surface area contributed by atoms with Gasteiger partial charge in [-0.3, -0.25) is 9.59 Å². The molecule has 3 aromatic carbocycles. The highest BCUT2D eigenvalue weighted by atomic mass is 16.5. The predicted molar refractivity (Wildman–Crippen MR) is 137 cm³/mol. The lowest BCUT2D eigenvalue weighted by Gasteiger charge is -2.19. The molecule has 0 saturated carbocycles. The van der Waals surface area contributed by atoms with Gasteiger partial charge in [0, 0.05) is 11.8 Å². The summed E-state index contributed by atoms with van der Waals surface area (Å²) < 4.78 is 5.75. The van der Waals surface area contributed by atoms with Crippen molar-refractivity contribution in [2.75, 3.05) is 16.8 Å². The Labute approximate surface area is 201 Å². The number of amides is 2. The van der Waals surface area contributed by atoms with Crippen molar-refractivity contribution in [3.05, 3.63) is 94.2 Å². The number of ether oxygens (including phenoxy) is 1. The third-order valence-corrected chi connectivity index (χ3v) is 6.13. The molecule has 0 spiro atoms. The average Bonchev–Trinajstić information content (AvgIpc) is 3.04. The van der Waals surface area contributed by atoms with Crippen molar-refractivity contribution >= 4 is 28.8 Å². The van der Waals surface area contributed by atoms with Gasteiger partial charge in [-0.15, -0.1) is 0 Å². The van der Waals surface area contributed by atoms with Crippen LogP contribution < -0.4 is 15.0 Å². The largest absolute Gasteiger partial charge is 0.494 e. The van der Waals surface area contributed by atoms with Gasteiger partial charge < -0.3 is 10.1 Å². The quantitative estimate of drug-likeness (QED) is 0.438. The number of nitrogens with one attached hydrogen (secondary N) is 1. The molecule has 0 saturated heterocycles. The van der Waals surface area contributed by atoms with Crippen LogP contribution in [0.3, 0.4) is 0 Å². The van der Waals surface area contributed by atoms with Crippen molar-refractivity contribution in [2.45, 2.75) is 41.0 Å². The SMILES string of the molecule is CCCOc1cccc(NC2=C(c3ccc(C)cc3C)C(=O)N(c3cccc(C)c3C)C2=O)c1. The first-order valence-electron chi connectivity index (χ1n) is 11.6. The summed E-state index contributed by atoms with van der Waals surface area (Å²) in [6.45, 7) is 10.5. The summed E-state index contributed by atoms with van der Waals surface area (Å²) >= 11 is 0. The van der Waals surface area contributed by atoms with Gasteiger partial charge in [0.15, 0.2) is 0 Å². The van der Waals surface area contributed by atoms with E-state index in [1.807, 2.05) is 95.3 Å². The molecule has 174 valence electrons. The zero-order valence-corrected chi connectivity index (χ0v) is 20.4. The number of benzene rings is 3. The predicted octanol–water partition coefficient (Wildman–Crippen LogP) is 6.11. The van der Waals surface area contributed by atoms with Crippen molar-refractivity contribution in [3.63, 3.8) is 0 Å². The number of hydrogen-bond donors (Lipinski definition) is 1. The van der Waals surface area contributed by atoms with Crippen LogP contribution in [0.5, 0.6) is 5.75 Å². The summed E-state index contributed by atoms with van der Waals surface area (Å²) in [6, 6.07) is 19.0. The van der Waals surface area contributed by atoms with E-state index in [0.29, 0.717) is 29.3 Å². The van der Waals surface area contributed by atoms with E-state index in [4.69, 9.17) is 4.74 Å². The van der Waals surface area contributed by atoms with Gasteiger partial charge in [0.2, 0.25) is 0 Å². The minimum Gasteiger partial charge on any atom is -0.494 e. The van der Waals surface area contributed by atoms with Crippen LogP contribution in [-0.4, -0.2) is 18.4 Å². The van der Waals surface area contributed by atoms with Gasteiger partial charge in [-0.1, -0.05) is 48.9 Å². The summed E-state index contributed by atoms with van der Waals surface area (Å²) in [7, 11) is 0. The maximum absolute atomic E-state index is 13.8. The molecule has 0 radical (unpaired) electrons. The van der Waals surface area contributed by atoms with E-state index in [0.717, 1.165) is 34.2 Å². The standard InChI is InChI=1S/C29H30N2O3/c1-6-15-34-23-11-8-10-22(17-23)30-27-26(24-14-13-18(2)16-20(24)4)28(32)31(29(27)33)25-12-7-9-19(3)21(25)5/h7-14,16-17,30H,6,15H2,1-5H3. The minimum absolute atomic E-state index is 0.269. The first kappa shape index (κ1) is 23.3. The third-order valence-electron chi connectivity index (χ3n) is 6.13. The monoisotopic (exact) mass is 454 g/mol. The van der Waals surface area contributed by atoms with Crippen LogP contribution in [0.1, 0.15) is 41.2 Å². The molecular weight excluding hydrogens is 424 g/mol. The van der Waals surface area contributed by atoms with Crippen molar-refractivity contribution < 1.29 is 14.3 Å². The molecule has 2 amide bonds. The van der Waals surface area contributed by atoms with E-state index in [2.05, 4.69) is 5.32 Å². The molecule has 1 aliphatic rings. The van der Waals surface area contributed by atoms with Gasteiger partial charge in [0.05, 0.1) is 17.9 Å². The molecule has 3 aromatic rings. The third kappa shape index (κ3) is 4.34. The lowest BCUT2D eigenvalue weighted by atomic mass is 9.97. The highest BCUT2D eigenvalue weighted by Crippen LogP contribution is 2.37. The summed E-state index contributed by atoms with van der Waals surface area (Å²) in [4.78, 5) is 28.9. The smallest absolute Gasteiger partial charge is 0.282 e. The van der Waals surface area contributed by atoms with E-state index in [-0.39, 0.29) is 17.5 Å². The number of imide groups is 1. The molecule has 34 heavy (non-hydrogen) atoms. The molecule has 0 aromatic heterocycles. The average molecular weight is 455 g/mol. The Morgan fingerprint density at radius 3 is 2.35 bits per heavy atom. The number of hydrogen-bond acceptors (Lipinski definition) is 4. The van der Waals surface area contributed by atoms with E-state index >= 15 is 0 Å². The molecule has 5 heteroatoms. The van der Waals surface area contributed by atoms with E-state index in [1.54, 1.807) is 0 Å². The van der Waals surface area contributed by atoms with Crippen molar-refractivity contribution in [3.8, 4) is 5.75 Å². The number of nitrogens with zero attached hydrogens (tertiary/aromatic N) is 1.